The van der Waals surface area contributed by atoms with Crippen LogP contribution in [0.15, 0.2) is 42.2 Å². The van der Waals surface area contributed by atoms with Gasteiger partial charge in [-0.3, -0.25) is 0 Å². The van der Waals surface area contributed by atoms with E-state index in [1.807, 2.05) is 0 Å². The lowest BCUT2D eigenvalue weighted by Crippen LogP contribution is -2.23. The van der Waals surface area contributed by atoms with Crippen LogP contribution in [0, 0.1) is 5.41 Å². The largest absolute Gasteiger partial charge is 0.386 e. The smallest absolute Gasteiger partial charge is 0.0925 e. The second kappa shape index (κ2) is 3.97. The van der Waals surface area contributed by atoms with Gasteiger partial charge in [0.1, 0.15) is 0 Å². The molecule has 1 aliphatic rings. The van der Waals surface area contributed by atoms with Gasteiger partial charge in [-0.05, 0) is 24.5 Å². The van der Waals surface area contributed by atoms with Crippen LogP contribution < -0.4 is 11.1 Å². The molecule has 0 spiro atoms. The molecule has 0 bridgehead atoms. The molecule has 1 unspecified atom stereocenters. The fraction of sp³-hybridized carbons (Fsp3) is 0.385. The minimum atomic E-state index is 0.222. The highest BCUT2D eigenvalue weighted by Crippen LogP contribution is 2.28. The van der Waals surface area contributed by atoms with E-state index < -0.39 is 0 Å². The van der Waals surface area contributed by atoms with Crippen LogP contribution in [-0.4, -0.2) is 6.54 Å². The van der Waals surface area contributed by atoms with Crippen molar-refractivity contribution in [1.29, 1.82) is 0 Å². The normalized spacial score (nSPS) is 24.7. The van der Waals surface area contributed by atoms with Gasteiger partial charge in [-0.15, -0.1) is 0 Å². The van der Waals surface area contributed by atoms with Crippen LogP contribution in [0.1, 0.15) is 18.9 Å². The molecule has 2 nitrogen and oxygen atoms in total. The van der Waals surface area contributed by atoms with Crippen molar-refractivity contribution in [2.24, 2.45) is 11.1 Å². The maximum atomic E-state index is 5.73. The molecule has 80 valence electrons. The molecular formula is C13H18N2. The second-order valence-corrected chi connectivity index (χ2v) is 4.59. The zero-order chi connectivity index (χ0) is 10.7. The van der Waals surface area contributed by atoms with Gasteiger partial charge >= 0.3 is 0 Å². The summed E-state index contributed by atoms with van der Waals surface area (Å²) in [7, 11) is 0. The van der Waals surface area contributed by atoms with E-state index in [0.717, 1.165) is 25.2 Å². The van der Waals surface area contributed by atoms with Crippen LogP contribution >= 0.6 is 0 Å². The first-order chi connectivity index (χ1) is 7.18. The molecule has 3 N–H and O–H groups in total. The Morgan fingerprint density at radius 2 is 2.07 bits per heavy atom. The SMILES string of the molecule is CC1(CCc2ccccc2)C=C(N)NC1. The molecule has 1 heterocycles. The fourth-order valence-electron chi connectivity index (χ4n) is 2.02. The molecular weight excluding hydrogens is 184 g/mol. The van der Waals surface area contributed by atoms with Crippen molar-refractivity contribution in [3.8, 4) is 0 Å². The third kappa shape index (κ3) is 2.52. The van der Waals surface area contributed by atoms with Gasteiger partial charge in [0.25, 0.3) is 0 Å². The Kier molecular flexibility index (Phi) is 2.67. The number of nitrogens with one attached hydrogen (secondary N) is 1. The molecule has 0 radical (unpaired) electrons. The molecule has 1 aromatic carbocycles. The minimum absolute atomic E-state index is 0.222. The first kappa shape index (κ1) is 10.1. The van der Waals surface area contributed by atoms with E-state index in [0.29, 0.717) is 0 Å². The third-order valence-electron chi connectivity index (χ3n) is 3.03. The lowest BCUT2D eigenvalue weighted by atomic mass is 9.85. The Morgan fingerprint density at radius 3 is 2.67 bits per heavy atom. The quantitative estimate of drug-likeness (QED) is 0.787. The summed E-state index contributed by atoms with van der Waals surface area (Å²) in [4.78, 5) is 0. The van der Waals surface area contributed by atoms with E-state index in [1.54, 1.807) is 0 Å². The molecule has 0 fully saturated rings. The summed E-state index contributed by atoms with van der Waals surface area (Å²) in [5.41, 5.74) is 7.35. The highest BCUT2D eigenvalue weighted by Gasteiger charge is 2.26. The molecule has 2 rings (SSSR count). The average molecular weight is 202 g/mol. The van der Waals surface area contributed by atoms with Crippen LogP contribution in [0.2, 0.25) is 0 Å². The Morgan fingerprint density at radius 1 is 1.33 bits per heavy atom. The molecule has 15 heavy (non-hydrogen) atoms. The second-order valence-electron chi connectivity index (χ2n) is 4.59. The lowest BCUT2D eigenvalue weighted by Gasteiger charge is -2.20. The average Bonchev–Trinajstić information content (AvgIpc) is 2.58. The van der Waals surface area contributed by atoms with Gasteiger partial charge < -0.3 is 11.1 Å². The van der Waals surface area contributed by atoms with Crippen LogP contribution in [-0.2, 0) is 6.42 Å². The van der Waals surface area contributed by atoms with Crippen LogP contribution in [0.3, 0.4) is 0 Å². The van der Waals surface area contributed by atoms with Gasteiger partial charge in [0, 0.05) is 12.0 Å². The van der Waals surface area contributed by atoms with Crippen LogP contribution in [0.5, 0.6) is 0 Å². The summed E-state index contributed by atoms with van der Waals surface area (Å²) in [6.45, 7) is 3.22. The zero-order valence-electron chi connectivity index (χ0n) is 9.16. The zero-order valence-corrected chi connectivity index (χ0v) is 9.16. The van der Waals surface area contributed by atoms with Crippen molar-refractivity contribution in [2.45, 2.75) is 19.8 Å². The van der Waals surface area contributed by atoms with Crippen LogP contribution in [0.4, 0.5) is 0 Å². The molecule has 1 aromatic rings. The number of nitrogens with two attached hydrogens (primary N) is 1. The van der Waals surface area contributed by atoms with E-state index in [2.05, 4.69) is 48.6 Å². The third-order valence-corrected chi connectivity index (χ3v) is 3.03. The maximum absolute atomic E-state index is 5.73. The number of hydrogen-bond acceptors (Lipinski definition) is 2. The molecule has 0 amide bonds. The molecule has 0 saturated heterocycles. The first-order valence-electron chi connectivity index (χ1n) is 5.44. The summed E-state index contributed by atoms with van der Waals surface area (Å²) >= 11 is 0. The lowest BCUT2D eigenvalue weighted by molar-refractivity contribution is 0.407. The molecule has 1 atom stereocenters. The topological polar surface area (TPSA) is 38.0 Å². The minimum Gasteiger partial charge on any atom is -0.386 e. The highest BCUT2D eigenvalue weighted by molar-refractivity contribution is 5.17. The molecule has 0 aromatic heterocycles. The van der Waals surface area contributed by atoms with Crippen molar-refractivity contribution in [1.82, 2.24) is 5.32 Å². The maximum Gasteiger partial charge on any atom is 0.0925 e. The summed E-state index contributed by atoms with van der Waals surface area (Å²) in [5.74, 6) is 0.825. The first-order valence-corrected chi connectivity index (χ1v) is 5.44. The predicted octanol–water partition coefficient (Wildman–Crippen LogP) is 2.03. The van der Waals surface area contributed by atoms with E-state index >= 15 is 0 Å². The predicted molar refractivity (Wildman–Crippen MR) is 63.1 cm³/mol. The highest BCUT2D eigenvalue weighted by atomic mass is 15.0. The van der Waals surface area contributed by atoms with Gasteiger partial charge in [-0.2, -0.15) is 0 Å². The van der Waals surface area contributed by atoms with E-state index in [4.69, 9.17) is 5.73 Å². The van der Waals surface area contributed by atoms with E-state index in [1.165, 1.54) is 5.56 Å². The molecule has 0 aliphatic carbocycles. The summed E-state index contributed by atoms with van der Waals surface area (Å²) in [6.07, 6.45) is 4.41. The monoisotopic (exact) mass is 202 g/mol. The Hall–Kier alpha value is -1.44. The summed E-state index contributed by atoms with van der Waals surface area (Å²) in [6, 6.07) is 10.6. The number of benzene rings is 1. The van der Waals surface area contributed by atoms with Crippen molar-refractivity contribution in [3.05, 3.63) is 47.8 Å². The van der Waals surface area contributed by atoms with Crippen molar-refractivity contribution < 1.29 is 0 Å². The number of hydrogen-bond donors (Lipinski definition) is 2. The van der Waals surface area contributed by atoms with Gasteiger partial charge in [0.2, 0.25) is 0 Å². The molecule has 1 aliphatic heterocycles. The van der Waals surface area contributed by atoms with Gasteiger partial charge in [0.15, 0.2) is 0 Å². The Labute approximate surface area is 91.2 Å². The summed E-state index contributed by atoms with van der Waals surface area (Å²) in [5, 5.41) is 3.19. The van der Waals surface area contributed by atoms with Gasteiger partial charge in [-0.25, -0.2) is 0 Å². The van der Waals surface area contributed by atoms with Crippen molar-refractivity contribution in [3.63, 3.8) is 0 Å². The van der Waals surface area contributed by atoms with E-state index in [-0.39, 0.29) is 5.41 Å². The standard InChI is InChI=1S/C13H18N2/c1-13(9-12(14)15-10-13)8-7-11-5-3-2-4-6-11/h2-6,9,15H,7-8,10,14H2,1H3. The Balaban J connectivity index is 1.94. The number of aryl methyl sites for hydroxylation is 1. The van der Waals surface area contributed by atoms with E-state index in [9.17, 15) is 0 Å². The molecule has 2 heteroatoms. The van der Waals surface area contributed by atoms with Gasteiger partial charge in [-0.1, -0.05) is 37.3 Å². The Bertz CT molecular complexity index is 356. The molecule has 0 saturated carbocycles. The van der Waals surface area contributed by atoms with Crippen LogP contribution in [0.25, 0.3) is 0 Å². The number of rotatable bonds is 3. The van der Waals surface area contributed by atoms with Crippen molar-refractivity contribution in [2.75, 3.05) is 6.54 Å². The summed E-state index contributed by atoms with van der Waals surface area (Å²) < 4.78 is 0. The fourth-order valence-corrected chi connectivity index (χ4v) is 2.02. The van der Waals surface area contributed by atoms with Crippen molar-refractivity contribution >= 4 is 0 Å². The van der Waals surface area contributed by atoms with Gasteiger partial charge in [0.05, 0.1) is 5.82 Å².